The van der Waals surface area contributed by atoms with Crippen molar-refractivity contribution in [2.24, 2.45) is 5.73 Å². The Kier molecular flexibility index (Phi) is 6.45. The van der Waals surface area contributed by atoms with Crippen LogP contribution in [0.15, 0.2) is 54.6 Å². The van der Waals surface area contributed by atoms with Crippen LogP contribution in [0, 0.1) is 0 Å². The molecule has 1 unspecified atom stereocenters. The van der Waals surface area contributed by atoms with E-state index >= 15 is 0 Å². The second kappa shape index (κ2) is 8.99. The van der Waals surface area contributed by atoms with Crippen LogP contribution >= 0.6 is 0 Å². The molecule has 3 rings (SSSR count). The van der Waals surface area contributed by atoms with Crippen LogP contribution in [0.5, 0.6) is 5.75 Å². The summed E-state index contributed by atoms with van der Waals surface area (Å²) in [4.78, 5) is 5.12. The number of hydrogen-bond acceptors (Lipinski definition) is 4. The van der Waals surface area contributed by atoms with E-state index in [0.29, 0.717) is 12.6 Å². The minimum atomic E-state index is 0.398. The zero-order chi connectivity index (χ0) is 17.5. The smallest absolute Gasteiger partial charge is 0.118 e. The number of piperazine rings is 1. The molecule has 0 saturated carbocycles. The Balaban J connectivity index is 1.60. The number of benzene rings is 2. The van der Waals surface area contributed by atoms with Crippen LogP contribution in [0.2, 0.25) is 0 Å². The van der Waals surface area contributed by atoms with Crippen LogP contribution in [-0.2, 0) is 6.54 Å². The highest BCUT2D eigenvalue weighted by atomic mass is 16.5. The van der Waals surface area contributed by atoms with Crippen molar-refractivity contribution in [3.05, 3.63) is 65.7 Å². The van der Waals surface area contributed by atoms with E-state index in [4.69, 9.17) is 10.5 Å². The van der Waals surface area contributed by atoms with Crippen molar-refractivity contribution in [2.45, 2.75) is 19.0 Å². The highest BCUT2D eigenvalue weighted by Gasteiger charge is 2.24. The van der Waals surface area contributed by atoms with Gasteiger partial charge in [0.05, 0.1) is 7.11 Å². The van der Waals surface area contributed by atoms with Crippen molar-refractivity contribution >= 4 is 0 Å². The maximum Gasteiger partial charge on any atom is 0.118 e. The van der Waals surface area contributed by atoms with E-state index in [1.165, 1.54) is 11.1 Å². The summed E-state index contributed by atoms with van der Waals surface area (Å²) in [6, 6.07) is 19.6. The number of nitrogens with zero attached hydrogens (tertiary/aromatic N) is 2. The van der Waals surface area contributed by atoms with Crippen LogP contribution in [0.1, 0.15) is 23.6 Å². The van der Waals surface area contributed by atoms with Gasteiger partial charge in [-0.25, -0.2) is 0 Å². The molecular weight excluding hydrogens is 310 g/mol. The lowest BCUT2D eigenvalue weighted by Crippen LogP contribution is -2.47. The monoisotopic (exact) mass is 339 g/mol. The first kappa shape index (κ1) is 17.9. The van der Waals surface area contributed by atoms with Crippen LogP contribution in [0.4, 0.5) is 0 Å². The van der Waals surface area contributed by atoms with Crippen molar-refractivity contribution in [2.75, 3.05) is 39.8 Å². The van der Waals surface area contributed by atoms with Gasteiger partial charge in [-0.15, -0.1) is 0 Å². The third kappa shape index (κ3) is 4.82. The van der Waals surface area contributed by atoms with Gasteiger partial charge < -0.3 is 10.5 Å². The van der Waals surface area contributed by atoms with E-state index in [1.54, 1.807) is 7.11 Å². The molecule has 2 N–H and O–H groups in total. The van der Waals surface area contributed by atoms with E-state index < -0.39 is 0 Å². The fourth-order valence-electron chi connectivity index (χ4n) is 3.62. The minimum Gasteiger partial charge on any atom is -0.497 e. The molecule has 4 heteroatoms. The van der Waals surface area contributed by atoms with Crippen LogP contribution in [0.3, 0.4) is 0 Å². The van der Waals surface area contributed by atoms with Crippen molar-refractivity contribution in [1.82, 2.24) is 9.80 Å². The summed E-state index contributed by atoms with van der Waals surface area (Å²) in [5.74, 6) is 0.905. The number of methoxy groups -OCH3 is 1. The van der Waals surface area contributed by atoms with Gasteiger partial charge in [0.15, 0.2) is 0 Å². The predicted molar refractivity (Wildman–Crippen MR) is 103 cm³/mol. The molecule has 1 atom stereocenters. The Morgan fingerprint density at radius 2 is 1.64 bits per heavy atom. The van der Waals surface area contributed by atoms with E-state index in [2.05, 4.69) is 52.3 Å². The van der Waals surface area contributed by atoms with Crippen LogP contribution in [-0.4, -0.2) is 49.6 Å². The van der Waals surface area contributed by atoms with Gasteiger partial charge in [0.1, 0.15) is 5.75 Å². The van der Waals surface area contributed by atoms with Crippen molar-refractivity contribution < 1.29 is 4.74 Å². The molecule has 4 nitrogen and oxygen atoms in total. The lowest BCUT2D eigenvalue weighted by Gasteiger charge is -2.39. The van der Waals surface area contributed by atoms with Crippen molar-refractivity contribution in [3.8, 4) is 5.75 Å². The van der Waals surface area contributed by atoms with E-state index in [1.807, 2.05) is 12.1 Å². The molecule has 25 heavy (non-hydrogen) atoms. The predicted octanol–water partition coefficient (Wildman–Crippen LogP) is 2.90. The first-order valence-corrected chi connectivity index (χ1v) is 9.14. The van der Waals surface area contributed by atoms with Crippen molar-refractivity contribution in [3.63, 3.8) is 0 Å². The number of rotatable bonds is 7. The maximum atomic E-state index is 5.90. The standard InChI is InChI=1S/C21H29N3O/c1-25-20-9-7-19(8-10-20)21(11-12-22)24-15-13-23(14-16-24)17-18-5-3-2-4-6-18/h2-10,21H,11-17,22H2,1H3. The zero-order valence-corrected chi connectivity index (χ0v) is 15.1. The molecule has 0 radical (unpaired) electrons. The molecule has 1 fully saturated rings. The van der Waals surface area contributed by atoms with E-state index in [0.717, 1.165) is 44.9 Å². The second-order valence-corrected chi connectivity index (χ2v) is 6.66. The largest absolute Gasteiger partial charge is 0.497 e. The fraction of sp³-hybridized carbons (Fsp3) is 0.429. The van der Waals surface area contributed by atoms with Crippen LogP contribution in [0.25, 0.3) is 0 Å². The zero-order valence-electron chi connectivity index (χ0n) is 15.1. The first-order chi connectivity index (χ1) is 12.3. The quantitative estimate of drug-likeness (QED) is 0.842. The van der Waals surface area contributed by atoms with E-state index in [9.17, 15) is 0 Å². The summed E-state index contributed by atoms with van der Waals surface area (Å²) < 4.78 is 5.28. The summed E-state index contributed by atoms with van der Waals surface area (Å²) in [5.41, 5.74) is 8.63. The summed E-state index contributed by atoms with van der Waals surface area (Å²) in [7, 11) is 1.71. The summed E-state index contributed by atoms with van der Waals surface area (Å²) in [6.45, 7) is 6.13. The van der Waals surface area contributed by atoms with Gasteiger partial charge in [-0.2, -0.15) is 0 Å². The third-order valence-electron chi connectivity index (χ3n) is 5.04. The number of nitrogens with two attached hydrogens (primary N) is 1. The molecule has 0 aromatic heterocycles. The Hall–Kier alpha value is -1.88. The number of ether oxygens (including phenoxy) is 1. The highest BCUT2D eigenvalue weighted by Crippen LogP contribution is 2.27. The average molecular weight is 339 g/mol. The summed E-state index contributed by atoms with van der Waals surface area (Å²) in [5, 5.41) is 0. The second-order valence-electron chi connectivity index (χ2n) is 6.66. The molecule has 2 aromatic rings. The first-order valence-electron chi connectivity index (χ1n) is 9.14. The highest BCUT2D eigenvalue weighted by molar-refractivity contribution is 5.29. The molecular formula is C21H29N3O. The lowest BCUT2D eigenvalue weighted by atomic mass is 10.0. The van der Waals surface area contributed by atoms with Gasteiger partial charge in [-0.1, -0.05) is 42.5 Å². The molecule has 0 bridgehead atoms. The molecule has 0 aliphatic carbocycles. The fourth-order valence-corrected chi connectivity index (χ4v) is 3.62. The van der Waals surface area contributed by atoms with Gasteiger partial charge in [0, 0.05) is 38.8 Å². The van der Waals surface area contributed by atoms with Gasteiger partial charge in [-0.3, -0.25) is 9.80 Å². The Labute approximate surface area is 151 Å². The molecule has 134 valence electrons. The molecule has 2 aromatic carbocycles. The normalized spacial score (nSPS) is 17.4. The SMILES string of the molecule is COc1ccc(C(CCN)N2CCN(Cc3ccccc3)CC2)cc1. The van der Waals surface area contributed by atoms with Gasteiger partial charge in [0.2, 0.25) is 0 Å². The minimum absolute atomic E-state index is 0.398. The van der Waals surface area contributed by atoms with Gasteiger partial charge >= 0.3 is 0 Å². The topological polar surface area (TPSA) is 41.7 Å². The molecule has 0 amide bonds. The number of hydrogen-bond donors (Lipinski definition) is 1. The third-order valence-corrected chi connectivity index (χ3v) is 5.04. The van der Waals surface area contributed by atoms with Gasteiger partial charge in [0.25, 0.3) is 0 Å². The molecule has 1 saturated heterocycles. The molecule has 1 aliphatic rings. The van der Waals surface area contributed by atoms with Crippen molar-refractivity contribution in [1.29, 1.82) is 0 Å². The van der Waals surface area contributed by atoms with E-state index in [-0.39, 0.29) is 0 Å². The Morgan fingerprint density at radius 1 is 0.960 bits per heavy atom. The Morgan fingerprint density at radius 3 is 2.24 bits per heavy atom. The van der Waals surface area contributed by atoms with Crippen LogP contribution < -0.4 is 10.5 Å². The van der Waals surface area contributed by atoms with Gasteiger partial charge in [-0.05, 0) is 36.2 Å². The molecule has 1 heterocycles. The molecule has 0 spiro atoms. The lowest BCUT2D eigenvalue weighted by molar-refractivity contribution is 0.0886. The maximum absolute atomic E-state index is 5.90. The Bertz CT molecular complexity index is 621. The summed E-state index contributed by atoms with van der Waals surface area (Å²) >= 11 is 0. The summed E-state index contributed by atoms with van der Waals surface area (Å²) in [6.07, 6.45) is 0.991. The molecule has 1 aliphatic heterocycles. The average Bonchev–Trinajstić information content (AvgIpc) is 2.68.